The smallest absolute Gasteiger partial charge is 0.0598 e. The minimum atomic E-state index is 0.565. The zero-order valence-electron chi connectivity index (χ0n) is 20.9. The lowest BCUT2D eigenvalue weighted by molar-refractivity contribution is 0.968. The van der Waals surface area contributed by atoms with Crippen molar-refractivity contribution in [3.8, 4) is 0 Å². The van der Waals surface area contributed by atoms with E-state index in [2.05, 4.69) is 78.4 Å². The van der Waals surface area contributed by atoms with Crippen molar-refractivity contribution in [1.82, 2.24) is 9.97 Å². The second-order valence-electron chi connectivity index (χ2n) is 9.19. The molecule has 0 bridgehead atoms. The molecule has 4 aromatic carbocycles. The van der Waals surface area contributed by atoms with Gasteiger partial charge in [-0.05, 0) is 95.8 Å². The van der Waals surface area contributed by atoms with E-state index in [-0.39, 0.29) is 0 Å². The molecule has 0 atom stereocenters. The number of aryl methyl sites for hydroxylation is 2. The Morgan fingerprint density at radius 3 is 1.90 bits per heavy atom. The van der Waals surface area contributed by atoms with E-state index in [9.17, 15) is 0 Å². The number of aromatic amines is 2. The highest BCUT2D eigenvalue weighted by Crippen LogP contribution is 2.28. The molecule has 2 N–H and O–H groups in total. The van der Waals surface area contributed by atoms with Crippen LogP contribution in [0.1, 0.15) is 22.3 Å². The Balaban J connectivity index is 0.000000161. The molecule has 0 aliphatic carbocycles. The quantitative estimate of drug-likeness (QED) is 0.177. The fourth-order valence-electron chi connectivity index (χ4n) is 4.39. The molecule has 0 spiro atoms. The molecule has 0 saturated carbocycles. The molecule has 0 fully saturated rings. The van der Waals surface area contributed by atoms with Crippen LogP contribution in [0.5, 0.6) is 0 Å². The molecule has 2 aromatic heterocycles. The Morgan fingerprint density at radius 2 is 1.20 bits per heavy atom. The first-order valence-corrected chi connectivity index (χ1v) is 15.5. The lowest BCUT2D eigenvalue weighted by Crippen LogP contribution is -1.90. The van der Waals surface area contributed by atoms with E-state index < -0.39 is 0 Å². The molecule has 2 nitrogen and oxygen atoms in total. The maximum atomic E-state index is 6.05. The van der Waals surface area contributed by atoms with E-state index in [0.717, 1.165) is 43.9 Å². The highest BCUT2D eigenvalue weighted by Gasteiger charge is 2.06. The first-order chi connectivity index (χ1) is 19.3. The summed E-state index contributed by atoms with van der Waals surface area (Å²) in [5.74, 6) is 0. The van der Waals surface area contributed by atoms with Gasteiger partial charge in [-0.2, -0.15) is 0 Å². The van der Waals surface area contributed by atoms with Gasteiger partial charge < -0.3 is 9.97 Å². The summed E-state index contributed by atoms with van der Waals surface area (Å²) in [6.45, 7) is 0. The Kier molecular flexibility index (Phi) is 9.68. The average molecular weight is 736 g/mol. The molecule has 0 radical (unpaired) electrons. The van der Waals surface area contributed by atoms with E-state index in [0.29, 0.717) is 20.1 Å². The van der Waals surface area contributed by atoms with Gasteiger partial charge in [0.15, 0.2) is 0 Å². The number of benzene rings is 4. The van der Waals surface area contributed by atoms with Crippen LogP contribution in [0.4, 0.5) is 0 Å². The SMILES string of the molecule is Clc1ccc(/C=C/c2c[nH]c3ccc(Br)cc23)cc1Cl.Clc1ccc(CCc2c[nH]c3ccc(Br)cc23)cc1Cl. The van der Waals surface area contributed by atoms with Gasteiger partial charge in [-0.3, -0.25) is 0 Å². The third kappa shape index (κ3) is 7.17. The predicted octanol–water partition coefficient (Wildman–Crippen LogP) is 12.4. The normalized spacial score (nSPS) is 11.3. The van der Waals surface area contributed by atoms with Crippen molar-refractivity contribution in [3.63, 3.8) is 0 Å². The standard InChI is InChI=1S/C16H12BrCl2N.C16H10BrCl2N/c2*17-12-4-6-16-13(8-12)11(9-20-16)3-1-10-2-5-14(18)15(19)7-10/h2,4-9,20H,1,3H2;1-9,20H/b;3-1+. The van der Waals surface area contributed by atoms with Gasteiger partial charge in [0.2, 0.25) is 0 Å². The van der Waals surface area contributed by atoms with Gasteiger partial charge in [0, 0.05) is 43.1 Å². The van der Waals surface area contributed by atoms with Crippen molar-refractivity contribution in [2.24, 2.45) is 0 Å². The number of hydrogen-bond acceptors (Lipinski definition) is 0. The van der Waals surface area contributed by atoms with Crippen LogP contribution in [0.2, 0.25) is 20.1 Å². The topological polar surface area (TPSA) is 31.6 Å². The predicted molar refractivity (Wildman–Crippen MR) is 181 cm³/mol. The molecule has 0 saturated heterocycles. The van der Waals surface area contributed by atoms with Gasteiger partial charge >= 0.3 is 0 Å². The zero-order chi connectivity index (χ0) is 28.2. The molecule has 40 heavy (non-hydrogen) atoms. The lowest BCUT2D eigenvalue weighted by atomic mass is 10.0. The average Bonchev–Trinajstić information content (AvgIpc) is 3.53. The summed E-state index contributed by atoms with van der Waals surface area (Å²) in [6, 6.07) is 23.9. The molecule has 0 aliphatic heterocycles. The number of rotatable bonds is 5. The molecule has 0 amide bonds. The van der Waals surface area contributed by atoms with Gasteiger partial charge in [0.05, 0.1) is 20.1 Å². The Hall–Kier alpha value is -2.18. The Bertz CT molecular complexity index is 1840. The summed E-state index contributed by atoms with van der Waals surface area (Å²) in [7, 11) is 0. The van der Waals surface area contributed by atoms with Crippen LogP contribution in [0, 0.1) is 0 Å². The lowest BCUT2D eigenvalue weighted by Gasteiger charge is -2.03. The summed E-state index contributed by atoms with van der Waals surface area (Å²) in [6.07, 6.45) is 10.1. The molecule has 2 heterocycles. The summed E-state index contributed by atoms with van der Waals surface area (Å²) in [5.41, 5.74) is 6.94. The minimum absolute atomic E-state index is 0.565. The number of halogens is 6. The Labute approximate surface area is 269 Å². The monoisotopic (exact) mass is 732 g/mol. The molecular formula is C32H22Br2Cl4N2. The summed E-state index contributed by atoms with van der Waals surface area (Å²) in [4.78, 5) is 6.56. The maximum absolute atomic E-state index is 6.05. The molecule has 6 rings (SSSR count). The highest BCUT2D eigenvalue weighted by atomic mass is 79.9. The third-order valence-electron chi connectivity index (χ3n) is 6.47. The van der Waals surface area contributed by atoms with Crippen molar-refractivity contribution in [2.75, 3.05) is 0 Å². The maximum Gasteiger partial charge on any atom is 0.0598 e. The van der Waals surface area contributed by atoms with Crippen molar-refractivity contribution in [3.05, 3.63) is 136 Å². The van der Waals surface area contributed by atoms with Crippen LogP contribution in [-0.4, -0.2) is 9.97 Å². The number of nitrogens with one attached hydrogen (secondary N) is 2. The van der Waals surface area contributed by atoms with E-state index in [1.54, 1.807) is 6.07 Å². The molecule has 8 heteroatoms. The molecule has 6 aromatic rings. The molecule has 0 aliphatic rings. The van der Waals surface area contributed by atoms with Gasteiger partial charge in [0.25, 0.3) is 0 Å². The van der Waals surface area contributed by atoms with Crippen molar-refractivity contribution in [1.29, 1.82) is 0 Å². The zero-order valence-corrected chi connectivity index (χ0v) is 27.1. The van der Waals surface area contributed by atoms with E-state index in [1.807, 2.05) is 54.7 Å². The fraction of sp³-hybridized carbons (Fsp3) is 0.0625. The molecular weight excluding hydrogens is 714 g/mol. The van der Waals surface area contributed by atoms with E-state index >= 15 is 0 Å². The second kappa shape index (κ2) is 13.2. The molecule has 0 unspecified atom stereocenters. The van der Waals surface area contributed by atoms with Crippen molar-refractivity contribution >= 4 is 112 Å². The van der Waals surface area contributed by atoms with Gasteiger partial charge in [-0.1, -0.05) is 103 Å². The number of aromatic nitrogens is 2. The van der Waals surface area contributed by atoms with Crippen molar-refractivity contribution < 1.29 is 0 Å². The third-order valence-corrected chi connectivity index (χ3v) is 8.94. The van der Waals surface area contributed by atoms with Crippen LogP contribution in [0.25, 0.3) is 34.0 Å². The number of fused-ring (bicyclic) bond motifs is 2. The largest absolute Gasteiger partial charge is 0.361 e. The van der Waals surface area contributed by atoms with Crippen molar-refractivity contribution in [2.45, 2.75) is 12.8 Å². The first-order valence-electron chi connectivity index (χ1n) is 12.4. The van der Waals surface area contributed by atoms with Gasteiger partial charge in [-0.25, -0.2) is 0 Å². The van der Waals surface area contributed by atoms with Gasteiger partial charge in [0.1, 0.15) is 0 Å². The van der Waals surface area contributed by atoms with Crippen LogP contribution in [0.3, 0.4) is 0 Å². The summed E-state index contributed by atoms with van der Waals surface area (Å²) < 4.78 is 2.16. The van der Waals surface area contributed by atoms with Crippen LogP contribution in [-0.2, 0) is 12.8 Å². The van der Waals surface area contributed by atoms with E-state index in [4.69, 9.17) is 46.4 Å². The van der Waals surface area contributed by atoms with Crippen LogP contribution < -0.4 is 0 Å². The molecule has 202 valence electrons. The van der Waals surface area contributed by atoms with Gasteiger partial charge in [-0.15, -0.1) is 0 Å². The first kappa shape index (κ1) is 29.3. The second-order valence-corrected chi connectivity index (χ2v) is 12.7. The van der Waals surface area contributed by atoms with Crippen LogP contribution in [0.15, 0.2) is 94.1 Å². The number of H-pyrrole nitrogens is 2. The summed E-state index contributed by atoms with van der Waals surface area (Å²) in [5, 5.41) is 4.79. The highest BCUT2D eigenvalue weighted by molar-refractivity contribution is 9.10. The van der Waals surface area contributed by atoms with E-state index in [1.165, 1.54) is 21.9 Å². The fourth-order valence-corrected chi connectivity index (χ4v) is 5.74. The summed E-state index contributed by atoms with van der Waals surface area (Å²) >= 11 is 30.9. The Morgan fingerprint density at radius 1 is 0.575 bits per heavy atom. The number of hydrogen-bond donors (Lipinski definition) is 2. The minimum Gasteiger partial charge on any atom is -0.361 e. The van der Waals surface area contributed by atoms with Crippen LogP contribution >= 0.6 is 78.3 Å².